The number of hydrogen-bond donors (Lipinski definition) is 0. The van der Waals surface area contributed by atoms with Crippen LogP contribution in [0.3, 0.4) is 0 Å². The molecule has 0 unspecified atom stereocenters. The van der Waals surface area contributed by atoms with Gasteiger partial charge in [-0.15, -0.1) is 0 Å². The summed E-state index contributed by atoms with van der Waals surface area (Å²) >= 11 is 0. The third kappa shape index (κ3) is 1.19. The molecule has 0 aromatic rings. The summed E-state index contributed by atoms with van der Waals surface area (Å²) in [5.74, 6) is 1.22. The van der Waals surface area contributed by atoms with E-state index in [4.69, 9.17) is 0 Å². The van der Waals surface area contributed by atoms with Gasteiger partial charge in [-0.1, -0.05) is 0 Å². The second-order valence-corrected chi connectivity index (χ2v) is 3.30. The van der Waals surface area contributed by atoms with E-state index < -0.39 is 0 Å². The molecule has 3 nitrogen and oxygen atoms in total. The fourth-order valence-electron chi connectivity index (χ4n) is 1.74. The lowest BCUT2D eigenvalue weighted by Crippen LogP contribution is -2.30. The van der Waals surface area contributed by atoms with Crippen LogP contribution in [0.5, 0.6) is 0 Å². The average Bonchev–Trinajstić information content (AvgIpc) is 2.25. The Balaban J connectivity index is 2.15. The number of nitrogens with zero attached hydrogens (tertiary/aromatic N) is 3. The van der Waals surface area contributed by atoms with Crippen molar-refractivity contribution >= 4 is 5.96 Å². The van der Waals surface area contributed by atoms with E-state index in [1.807, 2.05) is 0 Å². The number of guanidine groups is 1. The monoisotopic (exact) mass is 153 g/mol. The Kier molecular flexibility index (Phi) is 1.72. The van der Waals surface area contributed by atoms with E-state index in [2.05, 4.69) is 21.8 Å². The van der Waals surface area contributed by atoms with Crippen LogP contribution in [0, 0.1) is 0 Å². The molecule has 3 heteroatoms. The van der Waals surface area contributed by atoms with Gasteiger partial charge in [-0.25, -0.2) is 0 Å². The van der Waals surface area contributed by atoms with Crippen LogP contribution >= 0.6 is 0 Å². The third-order valence-corrected chi connectivity index (χ3v) is 2.42. The Labute approximate surface area is 67.7 Å². The molecular weight excluding hydrogens is 138 g/mol. The van der Waals surface area contributed by atoms with Crippen molar-refractivity contribution in [2.45, 2.75) is 12.8 Å². The Bertz CT molecular complexity index is 176. The van der Waals surface area contributed by atoms with Gasteiger partial charge in [-0.05, 0) is 12.8 Å². The predicted molar refractivity (Wildman–Crippen MR) is 45.7 cm³/mol. The van der Waals surface area contributed by atoms with Gasteiger partial charge in [-0.2, -0.15) is 0 Å². The van der Waals surface area contributed by atoms with Gasteiger partial charge in [0, 0.05) is 33.2 Å². The van der Waals surface area contributed by atoms with E-state index in [-0.39, 0.29) is 0 Å². The van der Waals surface area contributed by atoms with Gasteiger partial charge in [0.25, 0.3) is 0 Å². The van der Waals surface area contributed by atoms with Crippen LogP contribution in [0.2, 0.25) is 0 Å². The van der Waals surface area contributed by atoms with Crippen LogP contribution in [0.4, 0.5) is 0 Å². The topological polar surface area (TPSA) is 18.8 Å². The van der Waals surface area contributed by atoms with Crippen LogP contribution in [-0.2, 0) is 0 Å². The third-order valence-electron chi connectivity index (χ3n) is 2.42. The Morgan fingerprint density at radius 3 is 3.00 bits per heavy atom. The number of rotatable bonds is 0. The lowest BCUT2D eigenvalue weighted by atomic mass is 10.3. The van der Waals surface area contributed by atoms with E-state index in [9.17, 15) is 0 Å². The Morgan fingerprint density at radius 1 is 1.18 bits per heavy atom. The SMILES string of the molecule is CN1CCN2CCCCN=C12. The minimum atomic E-state index is 1.02. The zero-order chi connectivity index (χ0) is 7.68. The molecule has 1 saturated heterocycles. The van der Waals surface area contributed by atoms with Crippen LogP contribution in [0.25, 0.3) is 0 Å². The van der Waals surface area contributed by atoms with Crippen LogP contribution < -0.4 is 0 Å². The highest BCUT2D eigenvalue weighted by Crippen LogP contribution is 2.11. The maximum Gasteiger partial charge on any atom is 0.196 e. The highest BCUT2D eigenvalue weighted by Gasteiger charge is 2.23. The molecule has 0 N–H and O–H groups in total. The summed E-state index contributed by atoms with van der Waals surface area (Å²) < 4.78 is 0. The minimum absolute atomic E-state index is 1.02. The molecule has 0 aromatic carbocycles. The summed E-state index contributed by atoms with van der Waals surface area (Å²) in [4.78, 5) is 9.19. The molecular formula is C8H15N3. The molecule has 0 radical (unpaired) electrons. The van der Waals surface area contributed by atoms with E-state index in [1.165, 1.54) is 31.9 Å². The smallest absolute Gasteiger partial charge is 0.196 e. The quantitative estimate of drug-likeness (QED) is 0.501. The van der Waals surface area contributed by atoms with Crippen molar-refractivity contribution in [3.05, 3.63) is 0 Å². The minimum Gasteiger partial charge on any atom is -0.344 e. The zero-order valence-corrected chi connectivity index (χ0v) is 7.08. The fourth-order valence-corrected chi connectivity index (χ4v) is 1.74. The molecule has 0 amide bonds. The molecule has 0 spiro atoms. The van der Waals surface area contributed by atoms with Gasteiger partial charge >= 0.3 is 0 Å². The van der Waals surface area contributed by atoms with Gasteiger partial charge in [0.05, 0.1) is 0 Å². The summed E-state index contributed by atoms with van der Waals surface area (Å²) in [7, 11) is 2.13. The summed E-state index contributed by atoms with van der Waals surface area (Å²) in [6.45, 7) is 4.56. The van der Waals surface area contributed by atoms with E-state index in [1.54, 1.807) is 0 Å². The highest BCUT2D eigenvalue weighted by molar-refractivity contribution is 5.81. The first-order chi connectivity index (χ1) is 5.38. The van der Waals surface area contributed by atoms with Crippen molar-refractivity contribution in [3.63, 3.8) is 0 Å². The first-order valence-electron chi connectivity index (χ1n) is 4.38. The maximum atomic E-state index is 4.53. The Morgan fingerprint density at radius 2 is 2.09 bits per heavy atom. The van der Waals surface area contributed by atoms with Crippen LogP contribution in [-0.4, -0.2) is 49.0 Å². The van der Waals surface area contributed by atoms with E-state index in [0.717, 1.165) is 13.1 Å². The van der Waals surface area contributed by atoms with Crippen molar-refractivity contribution in [3.8, 4) is 0 Å². The van der Waals surface area contributed by atoms with Crippen molar-refractivity contribution in [2.24, 2.45) is 4.99 Å². The molecule has 2 aliphatic heterocycles. The first kappa shape index (κ1) is 6.95. The maximum absolute atomic E-state index is 4.53. The largest absolute Gasteiger partial charge is 0.344 e. The zero-order valence-electron chi connectivity index (χ0n) is 7.08. The number of aliphatic imine (C=N–C) groups is 1. The number of likely N-dealkylation sites (N-methyl/N-ethyl adjacent to an activating group) is 1. The normalized spacial score (nSPS) is 24.6. The van der Waals surface area contributed by atoms with Crippen molar-refractivity contribution in [1.29, 1.82) is 0 Å². The molecule has 1 fully saturated rings. The average molecular weight is 153 g/mol. The fraction of sp³-hybridized carbons (Fsp3) is 0.875. The van der Waals surface area contributed by atoms with Crippen molar-refractivity contribution < 1.29 is 0 Å². The molecule has 0 aromatic heterocycles. The van der Waals surface area contributed by atoms with E-state index >= 15 is 0 Å². The van der Waals surface area contributed by atoms with Gasteiger partial charge in [0.1, 0.15) is 0 Å². The summed E-state index contributed by atoms with van der Waals surface area (Å²) in [6, 6.07) is 0. The highest BCUT2D eigenvalue weighted by atomic mass is 15.4. The summed E-state index contributed by atoms with van der Waals surface area (Å²) in [5, 5.41) is 0. The second-order valence-electron chi connectivity index (χ2n) is 3.30. The number of fused-ring (bicyclic) bond motifs is 1. The van der Waals surface area contributed by atoms with Gasteiger partial charge in [0.15, 0.2) is 5.96 Å². The van der Waals surface area contributed by atoms with Gasteiger partial charge < -0.3 is 9.80 Å². The molecule has 0 aliphatic carbocycles. The van der Waals surface area contributed by atoms with Crippen LogP contribution in [0.15, 0.2) is 4.99 Å². The molecule has 0 atom stereocenters. The second kappa shape index (κ2) is 2.72. The van der Waals surface area contributed by atoms with Crippen molar-refractivity contribution in [1.82, 2.24) is 9.80 Å². The lowest BCUT2D eigenvalue weighted by molar-refractivity contribution is 0.456. The Hall–Kier alpha value is -0.730. The first-order valence-corrected chi connectivity index (χ1v) is 4.38. The summed E-state index contributed by atoms with van der Waals surface area (Å²) in [5.41, 5.74) is 0. The molecule has 0 bridgehead atoms. The molecule has 0 saturated carbocycles. The van der Waals surface area contributed by atoms with Crippen molar-refractivity contribution in [2.75, 3.05) is 33.2 Å². The van der Waals surface area contributed by atoms with Gasteiger partial charge in [-0.3, -0.25) is 4.99 Å². The van der Waals surface area contributed by atoms with Gasteiger partial charge in [0.2, 0.25) is 0 Å². The lowest BCUT2D eigenvalue weighted by Gasteiger charge is -2.17. The van der Waals surface area contributed by atoms with E-state index in [0.29, 0.717) is 0 Å². The summed E-state index contributed by atoms with van der Waals surface area (Å²) in [6.07, 6.45) is 2.56. The standard InChI is InChI=1S/C8H15N3/c1-10-6-7-11-5-3-2-4-9-8(10)11/h2-7H2,1H3. The predicted octanol–water partition coefficient (Wildman–Crippen LogP) is 0.384. The molecule has 2 rings (SSSR count). The molecule has 62 valence electrons. The molecule has 2 heterocycles. The molecule has 11 heavy (non-hydrogen) atoms. The number of hydrogen-bond acceptors (Lipinski definition) is 3. The molecule has 2 aliphatic rings. The van der Waals surface area contributed by atoms with Crippen LogP contribution in [0.1, 0.15) is 12.8 Å².